The molecule has 3 aromatic carbocycles. The van der Waals surface area contributed by atoms with Crippen LogP contribution >= 0.6 is 24.0 Å². The predicted octanol–water partition coefficient (Wildman–Crippen LogP) is 5.73. The monoisotopic (exact) mass is 363 g/mol. The van der Waals surface area contributed by atoms with E-state index in [1.807, 2.05) is 95.9 Å². The Morgan fingerprint density at radius 1 is 0.760 bits per heavy atom. The number of benzene rings is 3. The summed E-state index contributed by atoms with van der Waals surface area (Å²) in [5, 5.41) is 0. The smallest absolute Gasteiger partial charge is 0.173 e. The number of carbonyl (C=O) groups excluding carboxylic acids is 1. The highest BCUT2D eigenvalue weighted by Crippen LogP contribution is 2.29. The minimum absolute atomic E-state index is 0.0778. The highest BCUT2D eigenvalue weighted by Gasteiger charge is 2.16. The van der Waals surface area contributed by atoms with Gasteiger partial charge in [0.25, 0.3) is 0 Å². The first-order valence-electron chi connectivity index (χ1n) is 7.91. The van der Waals surface area contributed by atoms with Crippen LogP contribution in [0.3, 0.4) is 0 Å². The topological polar surface area (TPSA) is 20.3 Å². The van der Waals surface area contributed by atoms with Crippen molar-refractivity contribution in [3.05, 3.63) is 96.6 Å². The molecule has 0 radical (unpaired) electrons. The maximum Gasteiger partial charge on any atom is 0.173 e. The van der Waals surface area contributed by atoms with Gasteiger partial charge in [-0.15, -0.1) is 0 Å². The van der Waals surface area contributed by atoms with E-state index < -0.39 is 0 Å². The fourth-order valence-electron chi connectivity index (χ4n) is 2.41. The molecule has 3 rings (SSSR count). The summed E-state index contributed by atoms with van der Waals surface area (Å²) in [7, 11) is 0. The Morgan fingerprint density at radius 3 is 1.68 bits per heavy atom. The summed E-state index contributed by atoms with van der Waals surface area (Å²) in [5.41, 5.74) is 2.68. The van der Waals surface area contributed by atoms with E-state index in [4.69, 9.17) is 12.2 Å². The summed E-state index contributed by atoms with van der Waals surface area (Å²) in [6.07, 6.45) is 0. The zero-order chi connectivity index (χ0) is 17.5. The maximum absolute atomic E-state index is 12.3. The molecule has 0 aliphatic rings. The van der Waals surface area contributed by atoms with Crippen LogP contribution in [0.5, 0.6) is 0 Å². The van der Waals surface area contributed by atoms with Crippen molar-refractivity contribution >= 4 is 45.5 Å². The minimum atomic E-state index is 0.0778. The van der Waals surface area contributed by atoms with Gasteiger partial charge in [-0.05, 0) is 24.3 Å². The van der Waals surface area contributed by atoms with E-state index in [-0.39, 0.29) is 5.78 Å². The average molecular weight is 364 g/mol. The second-order valence-electron chi connectivity index (χ2n) is 5.35. The lowest BCUT2D eigenvalue weighted by Gasteiger charge is -2.25. The van der Waals surface area contributed by atoms with Crippen LogP contribution in [-0.4, -0.2) is 15.9 Å². The van der Waals surface area contributed by atoms with Gasteiger partial charge < -0.3 is 0 Å². The standard InChI is InChI=1S/C21H17NOS2/c23-20(17-10-4-1-5-11-17)16-25-21(24)22(18-12-6-2-7-13-18)19-14-8-3-9-15-19/h1-15H,16H2. The highest BCUT2D eigenvalue weighted by molar-refractivity contribution is 8.23. The van der Waals surface area contributed by atoms with Crippen molar-refractivity contribution in [1.82, 2.24) is 0 Å². The number of para-hydroxylation sites is 2. The lowest BCUT2D eigenvalue weighted by molar-refractivity contribution is 0.102. The predicted molar refractivity (Wildman–Crippen MR) is 111 cm³/mol. The van der Waals surface area contributed by atoms with E-state index in [9.17, 15) is 4.79 Å². The van der Waals surface area contributed by atoms with Crippen molar-refractivity contribution in [3.63, 3.8) is 0 Å². The normalized spacial score (nSPS) is 10.2. The van der Waals surface area contributed by atoms with Gasteiger partial charge in [0.15, 0.2) is 5.78 Å². The van der Waals surface area contributed by atoms with Crippen LogP contribution in [0, 0.1) is 0 Å². The molecule has 124 valence electrons. The Kier molecular flexibility index (Phi) is 5.99. The first kappa shape index (κ1) is 17.4. The number of Topliss-reactive ketones (excluding diaryl/α,β-unsaturated/α-hetero) is 1. The van der Waals surface area contributed by atoms with Crippen molar-refractivity contribution in [2.24, 2.45) is 0 Å². The molecule has 0 bridgehead atoms. The second kappa shape index (κ2) is 8.60. The first-order valence-corrected chi connectivity index (χ1v) is 9.30. The molecular weight excluding hydrogens is 346 g/mol. The van der Waals surface area contributed by atoms with Crippen molar-refractivity contribution < 1.29 is 4.79 Å². The van der Waals surface area contributed by atoms with E-state index in [2.05, 4.69) is 0 Å². The third-order valence-corrected chi connectivity index (χ3v) is 5.01. The van der Waals surface area contributed by atoms with Crippen molar-refractivity contribution in [2.75, 3.05) is 10.7 Å². The number of ketones is 1. The van der Waals surface area contributed by atoms with Crippen molar-refractivity contribution in [3.8, 4) is 0 Å². The van der Waals surface area contributed by atoms with Gasteiger partial charge in [-0.3, -0.25) is 9.69 Å². The number of nitrogens with zero attached hydrogens (tertiary/aromatic N) is 1. The first-order chi connectivity index (χ1) is 12.3. The molecular formula is C21H17NOS2. The van der Waals surface area contributed by atoms with E-state index >= 15 is 0 Å². The maximum atomic E-state index is 12.3. The van der Waals surface area contributed by atoms with Gasteiger partial charge in [-0.1, -0.05) is 90.7 Å². The fraction of sp³-hybridized carbons (Fsp3) is 0.0476. The summed E-state index contributed by atoms with van der Waals surface area (Å²) in [6, 6.07) is 29.2. The van der Waals surface area contributed by atoms with Gasteiger partial charge in [-0.25, -0.2) is 0 Å². The molecule has 0 fully saturated rings. The summed E-state index contributed by atoms with van der Waals surface area (Å²) >= 11 is 7.03. The third kappa shape index (κ3) is 4.56. The largest absolute Gasteiger partial charge is 0.296 e. The van der Waals surface area contributed by atoms with Gasteiger partial charge in [0.2, 0.25) is 0 Å². The molecule has 0 aromatic heterocycles. The molecule has 4 heteroatoms. The number of hydrogen-bond donors (Lipinski definition) is 0. The molecule has 0 saturated heterocycles. The lowest BCUT2D eigenvalue weighted by Crippen LogP contribution is -2.22. The van der Waals surface area contributed by atoms with Crippen LogP contribution < -0.4 is 4.90 Å². The minimum Gasteiger partial charge on any atom is -0.296 e. The Morgan fingerprint density at radius 2 is 1.20 bits per heavy atom. The molecule has 0 N–H and O–H groups in total. The number of thiocarbonyl (C=S) groups is 1. The van der Waals surface area contributed by atoms with E-state index in [0.29, 0.717) is 15.6 Å². The van der Waals surface area contributed by atoms with Crippen LogP contribution in [0.15, 0.2) is 91.0 Å². The second-order valence-corrected chi connectivity index (χ2v) is 6.96. The molecule has 0 amide bonds. The summed E-state index contributed by atoms with van der Waals surface area (Å²) in [5.74, 6) is 0.396. The Hall–Kier alpha value is -2.43. The lowest BCUT2D eigenvalue weighted by atomic mass is 10.2. The Labute approximate surface area is 157 Å². The quantitative estimate of drug-likeness (QED) is 0.426. The Bertz CT molecular complexity index is 796. The van der Waals surface area contributed by atoms with Gasteiger partial charge in [0, 0.05) is 16.9 Å². The van der Waals surface area contributed by atoms with Crippen LogP contribution in [0.2, 0.25) is 0 Å². The molecule has 2 nitrogen and oxygen atoms in total. The van der Waals surface area contributed by atoms with Gasteiger partial charge in [-0.2, -0.15) is 0 Å². The molecule has 0 aliphatic heterocycles. The molecule has 3 aromatic rings. The van der Waals surface area contributed by atoms with Gasteiger partial charge in [0.05, 0.1) is 5.75 Å². The van der Waals surface area contributed by atoms with Crippen LogP contribution in [-0.2, 0) is 0 Å². The number of rotatable bonds is 5. The third-order valence-electron chi connectivity index (χ3n) is 3.63. The summed E-state index contributed by atoms with van der Waals surface area (Å²) in [4.78, 5) is 14.3. The molecule has 0 spiro atoms. The summed E-state index contributed by atoms with van der Waals surface area (Å²) in [6.45, 7) is 0. The van der Waals surface area contributed by atoms with Crippen molar-refractivity contribution in [2.45, 2.75) is 0 Å². The number of anilines is 2. The van der Waals surface area contributed by atoms with Gasteiger partial charge in [0.1, 0.15) is 4.32 Å². The zero-order valence-corrected chi connectivity index (χ0v) is 15.2. The molecule has 0 unspecified atom stereocenters. The average Bonchev–Trinajstić information content (AvgIpc) is 2.69. The van der Waals surface area contributed by atoms with E-state index in [1.165, 1.54) is 11.8 Å². The molecule has 0 atom stereocenters. The summed E-state index contributed by atoms with van der Waals surface area (Å²) < 4.78 is 0.654. The number of carbonyl (C=O) groups is 1. The van der Waals surface area contributed by atoms with Crippen LogP contribution in [0.1, 0.15) is 10.4 Å². The SMILES string of the molecule is O=C(CSC(=S)N(c1ccccc1)c1ccccc1)c1ccccc1. The van der Waals surface area contributed by atoms with E-state index in [1.54, 1.807) is 0 Å². The fourth-order valence-corrected chi connectivity index (χ4v) is 3.56. The molecule has 0 aliphatic carbocycles. The van der Waals surface area contributed by atoms with Crippen LogP contribution in [0.25, 0.3) is 0 Å². The number of thioether (sulfide) groups is 1. The molecule has 0 saturated carbocycles. The van der Waals surface area contributed by atoms with Crippen LogP contribution in [0.4, 0.5) is 11.4 Å². The van der Waals surface area contributed by atoms with E-state index in [0.717, 1.165) is 11.4 Å². The molecule has 25 heavy (non-hydrogen) atoms. The van der Waals surface area contributed by atoms with Crippen molar-refractivity contribution in [1.29, 1.82) is 0 Å². The Balaban J connectivity index is 1.77. The molecule has 0 heterocycles. The van der Waals surface area contributed by atoms with Gasteiger partial charge >= 0.3 is 0 Å². The highest BCUT2D eigenvalue weighted by atomic mass is 32.2. The number of hydrogen-bond acceptors (Lipinski definition) is 3. The zero-order valence-electron chi connectivity index (χ0n) is 13.5.